The molecular weight excluding hydrogens is 366 g/mol. The summed E-state index contributed by atoms with van der Waals surface area (Å²) in [6.45, 7) is 3.10. The Morgan fingerprint density at radius 1 is 1.10 bits per heavy atom. The predicted molar refractivity (Wildman–Crippen MR) is 110 cm³/mol. The molecule has 0 saturated carbocycles. The molecule has 2 fully saturated rings. The number of rotatable bonds is 6. The van der Waals surface area contributed by atoms with Gasteiger partial charge in [-0.25, -0.2) is 0 Å². The summed E-state index contributed by atoms with van der Waals surface area (Å²) in [5, 5.41) is 0. The molecule has 4 heterocycles. The predicted octanol–water partition coefficient (Wildman–Crippen LogP) is 3.28. The molecule has 1 amide bonds. The van der Waals surface area contributed by atoms with Crippen molar-refractivity contribution in [3.8, 4) is 5.75 Å². The zero-order valence-electron chi connectivity index (χ0n) is 16.8. The first kappa shape index (κ1) is 19.8. The van der Waals surface area contributed by atoms with Gasteiger partial charge >= 0.3 is 0 Å². The molecule has 2 aromatic rings. The van der Waals surface area contributed by atoms with Crippen LogP contribution in [0.15, 0.2) is 49.1 Å². The maximum absolute atomic E-state index is 12.6. The van der Waals surface area contributed by atoms with E-state index >= 15 is 0 Å². The second-order valence-electron chi connectivity index (χ2n) is 8.12. The van der Waals surface area contributed by atoms with Gasteiger partial charge < -0.3 is 14.4 Å². The average molecular weight is 396 g/mol. The van der Waals surface area contributed by atoms with Crippen molar-refractivity contribution in [2.45, 2.75) is 44.1 Å². The van der Waals surface area contributed by atoms with Crippen LogP contribution in [0.2, 0.25) is 0 Å². The first-order valence-electron chi connectivity index (χ1n) is 10.6. The Morgan fingerprint density at radius 3 is 2.52 bits per heavy atom. The summed E-state index contributed by atoms with van der Waals surface area (Å²) in [5.74, 6) is 1.69. The number of carbonyl (C=O) groups is 1. The monoisotopic (exact) mass is 395 g/mol. The van der Waals surface area contributed by atoms with E-state index < -0.39 is 0 Å². The molecule has 29 heavy (non-hydrogen) atoms. The lowest BCUT2D eigenvalue weighted by molar-refractivity contribution is -0.147. The molecule has 6 heteroatoms. The normalized spacial score (nSPS) is 21.1. The molecule has 0 bridgehead atoms. The summed E-state index contributed by atoms with van der Waals surface area (Å²) in [5.41, 5.74) is 0.959. The van der Waals surface area contributed by atoms with Crippen LogP contribution < -0.4 is 4.74 Å². The fourth-order valence-electron chi connectivity index (χ4n) is 4.45. The van der Waals surface area contributed by atoms with Crippen LogP contribution in [-0.2, 0) is 16.0 Å². The van der Waals surface area contributed by atoms with Gasteiger partial charge in [0.05, 0.1) is 18.6 Å². The Bertz CT molecular complexity index is 776. The zero-order chi connectivity index (χ0) is 19.9. The van der Waals surface area contributed by atoms with E-state index in [-0.39, 0.29) is 11.5 Å². The van der Waals surface area contributed by atoms with Crippen LogP contribution in [0.4, 0.5) is 0 Å². The van der Waals surface area contributed by atoms with E-state index in [4.69, 9.17) is 9.47 Å². The number of carbonyl (C=O) groups excluding carboxylic acids is 1. The van der Waals surface area contributed by atoms with Gasteiger partial charge in [-0.1, -0.05) is 0 Å². The highest BCUT2D eigenvalue weighted by Crippen LogP contribution is 2.38. The number of piperidine rings is 1. The molecule has 2 aromatic heterocycles. The molecule has 6 nitrogen and oxygen atoms in total. The molecule has 154 valence electrons. The quantitative estimate of drug-likeness (QED) is 0.751. The van der Waals surface area contributed by atoms with Gasteiger partial charge in [-0.2, -0.15) is 0 Å². The number of aromatic nitrogens is 2. The number of pyridine rings is 2. The van der Waals surface area contributed by atoms with Crippen molar-refractivity contribution in [1.29, 1.82) is 0 Å². The van der Waals surface area contributed by atoms with Crippen molar-refractivity contribution in [2.75, 3.05) is 26.3 Å². The minimum atomic E-state index is -0.0625. The highest BCUT2D eigenvalue weighted by molar-refractivity contribution is 5.78. The second-order valence-corrected chi connectivity index (χ2v) is 8.12. The summed E-state index contributed by atoms with van der Waals surface area (Å²) in [6, 6.07) is 7.60. The Morgan fingerprint density at radius 2 is 1.79 bits per heavy atom. The van der Waals surface area contributed by atoms with Gasteiger partial charge in [0.25, 0.3) is 0 Å². The van der Waals surface area contributed by atoms with E-state index in [1.807, 2.05) is 29.2 Å². The number of hydrogen-bond donors (Lipinski definition) is 0. The van der Waals surface area contributed by atoms with Crippen molar-refractivity contribution >= 4 is 5.91 Å². The molecule has 2 saturated heterocycles. The van der Waals surface area contributed by atoms with Crippen LogP contribution in [0.3, 0.4) is 0 Å². The van der Waals surface area contributed by atoms with Crippen molar-refractivity contribution < 1.29 is 14.3 Å². The third-order valence-corrected chi connectivity index (χ3v) is 6.17. The SMILES string of the molecule is O=C(Cc1ccncc1)N1CCC2(CC1)CC(CCOc1ccncc1)CCO2. The number of nitrogens with zero attached hydrogens (tertiary/aromatic N) is 3. The summed E-state index contributed by atoms with van der Waals surface area (Å²) in [6.07, 6.45) is 12.5. The fraction of sp³-hybridized carbons (Fsp3) is 0.522. The summed E-state index contributed by atoms with van der Waals surface area (Å²) < 4.78 is 12.1. The van der Waals surface area contributed by atoms with Crippen LogP contribution in [0, 0.1) is 5.92 Å². The maximum Gasteiger partial charge on any atom is 0.226 e. The highest BCUT2D eigenvalue weighted by Gasteiger charge is 2.40. The van der Waals surface area contributed by atoms with E-state index in [2.05, 4.69) is 9.97 Å². The molecule has 2 aliphatic heterocycles. The zero-order valence-corrected chi connectivity index (χ0v) is 16.8. The van der Waals surface area contributed by atoms with E-state index in [9.17, 15) is 4.79 Å². The molecule has 0 radical (unpaired) electrons. The summed E-state index contributed by atoms with van der Waals surface area (Å²) in [4.78, 5) is 22.6. The Hall–Kier alpha value is -2.47. The van der Waals surface area contributed by atoms with Crippen molar-refractivity contribution in [3.63, 3.8) is 0 Å². The summed E-state index contributed by atoms with van der Waals surface area (Å²) in [7, 11) is 0. The lowest BCUT2D eigenvalue weighted by Crippen LogP contribution is -2.51. The van der Waals surface area contributed by atoms with Gasteiger partial charge in [-0.3, -0.25) is 14.8 Å². The molecule has 0 aromatic carbocycles. The first-order chi connectivity index (χ1) is 14.2. The molecule has 0 N–H and O–H groups in total. The lowest BCUT2D eigenvalue weighted by atomic mass is 9.78. The van der Waals surface area contributed by atoms with Gasteiger partial charge in [-0.15, -0.1) is 0 Å². The van der Waals surface area contributed by atoms with Crippen molar-refractivity contribution in [2.24, 2.45) is 5.92 Å². The second kappa shape index (κ2) is 9.35. The van der Waals surface area contributed by atoms with E-state index in [0.717, 1.165) is 69.7 Å². The largest absolute Gasteiger partial charge is 0.493 e. The van der Waals surface area contributed by atoms with Crippen molar-refractivity contribution in [1.82, 2.24) is 14.9 Å². The Labute approximate surface area is 172 Å². The average Bonchev–Trinajstić information content (AvgIpc) is 2.76. The number of ether oxygens (including phenoxy) is 2. The topological polar surface area (TPSA) is 64.6 Å². The summed E-state index contributed by atoms with van der Waals surface area (Å²) >= 11 is 0. The molecule has 2 aliphatic rings. The van der Waals surface area contributed by atoms with E-state index in [0.29, 0.717) is 12.3 Å². The Balaban J connectivity index is 1.23. The van der Waals surface area contributed by atoms with Crippen molar-refractivity contribution in [3.05, 3.63) is 54.6 Å². The number of amides is 1. The van der Waals surface area contributed by atoms with E-state index in [1.165, 1.54) is 0 Å². The smallest absolute Gasteiger partial charge is 0.226 e. The maximum atomic E-state index is 12.6. The molecule has 1 atom stereocenters. The lowest BCUT2D eigenvalue weighted by Gasteiger charge is -2.46. The van der Waals surface area contributed by atoms with Gasteiger partial charge in [0.15, 0.2) is 0 Å². The molecule has 1 unspecified atom stereocenters. The van der Waals surface area contributed by atoms with E-state index in [1.54, 1.807) is 24.8 Å². The molecule has 0 aliphatic carbocycles. The highest BCUT2D eigenvalue weighted by atomic mass is 16.5. The van der Waals surface area contributed by atoms with Crippen LogP contribution in [0.25, 0.3) is 0 Å². The van der Waals surface area contributed by atoms with Gasteiger partial charge in [-0.05, 0) is 67.9 Å². The van der Waals surface area contributed by atoms with Crippen LogP contribution in [0.5, 0.6) is 5.75 Å². The van der Waals surface area contributed by atoms with Crippen LogP contribution in [-0.4, -0.2) is 52.7 Å². The molecule has 1 spiro atoms. The van der Waals surface area contributed by atoms with Gasteiger partial charge in [0.2, 0.25) is 5.91 Å². The Kier molecular flexibility index (Phi) is 6.39. The number of likely N-dealkylation sites (tertiary alicyclic amines) is 1. The number of hydrogen-bond acceptors (Lipinski definition) is 5. The van der Waals surface area contributed by atoms with Crippen LogP contribution in [0.1, 0.15) is 37.7 Å². The minimum Gasteiger partial charge on any atom is -0.493 e. The molecule has 4 rings (SSSR count). The molecular formula is C23H29N3O3. The fourth-order valence-corrected chi connectivity index (χ4v) is 4.45. The van der Waals surface area contributed by atoms with Gasteiger partial charge in [0.1, 0.15) is 5.75 Å². The minimum absolute atomic E-state index is 0.0625. The van der Waals surface area contributed by atoms with Crippen LogP contribution >= 0.6 is 0 Å². The third-order valence-electron chi connectivity index (χ3n) is 6.17. The van der Waals surface area contributed by atoms with Gasteiger partial charge in [0, 0.05) is 44.5 Å². The third kappa shape index (κ3) is 5.32. The standard InChI is InChI=1S/C23H29N3O3/c27-22(17-19-1-9-24-10-2-19)26-13-7-23(8-14-26)18-20(6-16-29-23)5-15-28-21-3-11-25-12-4-21/h1-4,9-12,20H,5-8,13-18H2. The first-order valence-corrected chi connectivity index (χ1v) is 10.6.